The summed E-state index contributed by atoms with van der Waals surface area (Å²) >= 11 is 1.55. The van der Waals surface area contributed by atoms with E-state index in [1.165, 1.54) is 23.6 Å². The molecule has 2 amide bonds. The molecule has 3 aromatic carbocycles. The predicted molar refractivity (Wildman–Crippen MR) is 162 cm³/mol. The zero-order chi connectivity index (χ0) is 29.1. The number of fused-ring (bicyclic) bond motifs is 1. The first kappa shape index (κ1) is 28.0. The van der Waals surface area contributed by atoms with Gasteiger partial charge in [0.05, 0.1) is 12.7 Å². The first-order valence-electron chi connectivity index (χ1n) is 13.2. The second-order valence-corrected chi connectivity index (χ2v) is 10.9. The molecular weight excluding hydrogens is 536 g/mol. The maximum Gasteiger partial charge on any atom is 0.255 e. The number of hydrogen-bond acceptors (Lipinski definition) is 7. The number of thioether (sulfide) groups is 1. The molecule has 1 aliphatic heterocycles. The number of allylic oxidation sites excluding steroid dienone is 1. The van der Waals surface area contributed by atoms with Crippen LogP contribution >= 0.6 is 11.8 Å². The minimum Gasteiger partial charge on any atom is -0.497 e. The van der Waals surface area contributed by atoms with Crippen molar-refractivity contribution >= 4 is 40.9 Å². The smallest absolute Gasteiger partial charge is 0.255 e. The molecule has 2 heterocycles. The van der Waals surface area contributed by atoms with Gasteiger partial charge in [-0.25, -0.2) is 4.68 Å². The molecule has 10 heteroatoms. The molecule has 0 aliphatic carbocycles. The van der Waals surface area contributed by atoms with E-state index in [1.54, 1.807) is 47.8 Å². The molecule has 1 aliphatic rings. The third-order valence-corrected chi connectivity index (χ3v) is 7.71. The van der Waals surface area contributed by atoms with Crippen molar-refractivity contribution in [2.45, 2.75) is 44.6 Å². The monoisotopic (exact) mass is 568 g/mol. The highest BCUT2D eigenvalue weighted by Gasteiger charge is 2.34. The first-order valence-corrected chi connectivity index (χ1v) is 14.2. The fourth-order valence-corrected chi connectivity index (χ4v) is 5.67. The SMILES string of the molecule is COc1ccc(NC(=O)C2=C(C)Nc3nc(SCc4ccc(C)cc4C)nn3C2c2ccc(NC(C)=O)cc2)cc1. The molecular formula is C31H32N6O3S. The van der Waals surface area contributed by atoms with E-state index < -0.39 is 6.04 Å². The van der Waals surface area contributed by atoms with Crippen LogP contribution in [0.4, 0.5) is 17.3 Å². The van der Waals surface area contributed by atoms with Gasteiger partial charge in [0.15, 0.2) is 0 Å². The highest BCUT2D eigenvalue weighted by molar-refractivity contribution is 7.98. The zero-order valence-corrected chi connectivity index (χ0v) is 24.4. The Balaban J connectivity index is 1.47. The number of nitrogens with zero attached hydrogens (tertiary/aromatic N) is 3. The van der Waals surface area contributed by atoms with Gasteiger partial charge < -0.3 is 20.7 Å². The number of aryl methyl sites for hydroxylation is 2. The van der Waals surface area contributed by atoms with Crippen LogP contribution in [0, 0.1) is 13.8 Å². The van der Waals surface area contributed by atoms with Crippen molar-refractivity contribution in [1.82, 2.24) is 14.8 Å². The molecule has 3 N–H and O–H groups in total. The van der Waals surface area contributed by atoms with Crippen LogP contribution in [0.15, 0.2) is 83.2 Å². The van der Waals surface area contributed by atoms with Crippen molar-refractivity contribution in [3.63, 3.8) is 0 Å². The summed E-state index contributed by atoms with van der Waals surface area (Å²) in [6, 6.07) is 20.5. The fraction of sp³-hybridized carbons (Fsp3) is 0.226. The van der Waals surface area contributed by atoms with Crippen LogP contribution in [0.25, 0.3) is 0 Å². The Morgan fingerprint density at radius 1 is 0.976 bits per heavy atom. The summed E-state index contributed by atoms with van der Waals surface area (Å²) in [5.74, 6) is 1.57. The molecule has 1 aromatic heterocycles. The number of carbonyl (C=O) groups excluding carboxylic acids is 2. The number of nitrogens with one attached hydrogen (secondary N) is 3. The molecule has 4 aromatic rings. The summed E-state index contributed by atoms with van der Waals surface area (Å²) in [5.41, 5.74) is 7.01. The Kier molecular flexibility index (Phi) is 8.11. The molecule has 1 unspecified atom stereocenters. The first-order chi connectivity index (χ1) is 19.7. The Hall–Kier alpha value is -4.57. The van der Waals surface area contributed by atoms with Crippen molar-refractivity contribution in [1.29, 1.82) is 0 Å². The van der Waals surface area contributed by atoms with E-state index >= 15 is 0 Å². The normalized spacial score (nSPS) is 14.2. The van der Waals surface area contributed by atoms with E-state index in [1.807, 2.05) is 31.2 Å². The highest BCUT2D eigenvalue weighted by atomic mass is 32.2. The van der Waals surface area contributed by atoms with Crippen molar-refractivity contribution < 1.29 is 14.3 Å². The highest BCUT2D eigenvalue weighted by Crippen LogP contribution is 2.37. The van der Waals surface area contributed by atoms with E-state index in [-0.39, 0.29) is 11.8 Å². The van der Waals surface area contributed by atoms with E-state index in [2.05, 4.69) is 48.0 Å². The molecule has 1 atom stereocenters. The van der Waals surface area contributed by atoms with Gasteiger partial charge in [-0.3, -0.25) is 9.59 Å². The van der Waals surface area contributed by atoms with Gasteiger partial charge in [0, 0.05) is 29.7 Å². The number of rotatable bonds is 8. The Morgan fingerprint density at radius 2 is 1.66 bits per heavy atom. The van der Waals surface area contributed by atoms with Gasteiger partial charge in [-0.2, -0.15) is 4.98 Å². The minimum absolute atomic E-state index is 0.154. The number of ether oxygens (including phenoxy) is 1. The summed E-state index contributed by atoms with van der Waals surface area (Å²) in [6.07, 6.45) is 0. The molecule has 0 fully saturated rings. The number of amides is 2. The molecule has 5 rings (SSSR count). The third kappa shape index (κ3) is 6.28. The summed E-state index contributed by atoms with van der Waals surface area (Å²) in [5, 5.41) is 14.5. The number of anilines is 3. The maximum atomic E-state index is 13.8. The lowest BCUT2D eigenvalue weighted by Gasteiger charge is -2.28. The standard InChI is InChI=1S/C31H32N6O3S/c1-18-6-7-23(19(2)16-18)17-41-31-35-30-32-20(3)27(29(39)34-25-12-14-26(40-5)15-13-25)28(37(30)36-31)22-8-10-24(11-9-22)33-21(4)38/h6-16,28H,17H2,1-5H3,(H,33,38)(H,34,39)(H,32,35,36). The van der Waals surface area contributed by atoms with Gasteiger partial charge in [-0.15, -0.1) is 5.10 Å². The molecule has 0 radical (unpaired) electrons. The van der Waals surface area contributed by atoms with E-state index in [0.29, 0.717) is 39.5 Å². The van der Waals surface area contributed by atoms with Crippen molar-refractivity contribution in [3.05, 3.63) is 100 Å². The Labute approximate surface area is 243 Å². The zero-order valence-electron chi connectivity index (χ0n) is 23.6. The second-order valence-electron chi connectivity index (χ2n) is 9.93. The minimum atomic E-state index is -0.543. The lowest BCUT2D eigenvalue weighted by Crippen LogP contribution is -2.31. The number of methoxy groups -OCH3 is 1. The Morgan fingerprint density at radius 3 is 2.32 bits per heavy atom. The maximum absolute atomic E-state index is 13.8. The molecule has 0 spiro atoms. The molecule has 9 nitrogen and oxygen atoms in total. The number of hydrogen-bond donors (Lipinski definition) is 3. The van der Waals surface area contributed by atoms with Crippen LogP contribution < -0.4 is 20.7 Å². The Bertz CT molecular complexity index is 1630. The molecule has 0 saturated heterocycles. The summed E-state index contributed by atoms with van der Waals surface area (Å²) in [4.78, 5) is 30.1. The topological polar surface area (TPSA) is 110 Å². The van der Waals surface area contributed by atoms with Crippen LogP contribution in [0.2, 0.25) is 0 Å². The predicted octanol–water partition coefficient (Wildman–Crippen LogP) is 6.08. The fourth-order valence-electron chi connectivity index (χ4n) is 4.77. The lowest BCUT2D eigenvalue weighted by molar-refractivity contribution is -0.114. The van der Waals surface area contributed by atoms with Gasteiger partial charge in [0.1, 0.15) is 11.8 Å². The van der Waals surface area contributed by atoms with Crippen LogP contribution in [-0.2, 0) is 15.3 Å². The van der Waals surface area contributed by atoms with Gasteiger partial charge in [0.2, 0.25) is 17.0 Å². The van der Waals surface area contributed by atoms with Crippen LogP contribution in [-0.4, -0.2) is 33.7 Å². The van der Waals surface area contributed by atoms with Crippen LogP contribution in [0.1, 0.15) is 42.1 Å². The molecule has 210 valence electrons. The second kappa shape index (κ2) is 11.9. The van der Waals surface area contributed by atoms with Crippen molar-refractivity contribution in [2.24, 2.45) is 0 Å². The largest absolute Gasteiger partial charge is 0.497 e. The number of carbonyl (C=O) groups is 2. The molecule has 0 saturated carbocycles. The summed E-state index contributed by atoms with van der Waals surface area (Å²) < 4.78 is 7.00. The van der Waals surface area contributed by atoms with Gasteiger partial charge in [-0.1, -0.05) is 47.7 Å². The summed E-state index contributed by atoms with van der Waals surface area (Å²) in [6.45, 7) is 7.52. The average molecular weight is 569 g/mol. The molecule has 41 heavy (non-hydrogen) atoms. The van der Waals surface area contributed by atoms with E-state index in [0.717, 1.165) is 11.3 Å². The number of aromatic nitrogens is 3. The van der Waals surface area contributed by atoms with Gasteiger partial charge in [0.25, 0.3) is 5.91 Å². The van der Waals surface area contributed by atoms with Crippen molar-refractivity contribution in [2.75, 3.05) is 23.1 Å². The van der Waals surface area contributed by atoms with E-state index in [4.69, 9.17) is 14.8 Å². The average Bonchev–Trinajstić information content (AvgIpc) is 3.34. The van der Waals surface area contributed by atoms with E-state index in [9.17, 15) is 9.59 Å². The molecule has 0 bridgehead atoms. The van der Waals surface area contributed by atoms with Gasteiger partial charge >= 0.3 is 0 Å². The lowest BCUT2D eigenvalue weighted by atomic mass is 9.94. The van der Waals surface area contributed by atoms with Crippen LogP contribution in [0.5, 0.6) is 5.75 Å². The van der Waals surface area contributed by atoms with Crippen molar-refractivity contribution in [3.8, 4) is 5.75 Å². The summed E-state index contributed by atoms with van der Waals surface area (Å²) in [7, 11) is 1.60. The van der Waals surface area contributed by atoms with Gasteiger partial charge in [-0.05, 0) is 73.9 Å². The van der Waals surface area contributed by atoms with Crippen LogP contribution in [0.3, 0.4) is 0 Å². The third-order valence-electron chi connectivity index (χ3n) is 6.83. The quantitative estimate of drug-likeness (QED) is 0.221. The number of benzene rings is 3.